The smallest absolute Gasteiger partial charge is 0.244 e. The van der Waals surface area contributed by atoms with Crippen LogP contribution in [-0.2, 0) is 4.43 Å². The van der Waals surface area contributed by atoms with Gasteiger partial charge in [0, 0.05) is 6.21 Å². The van der Waals surface area contributed by atoms with Gasteiger partial charge in [0.05, 0.1) is 0 Å². The van der Waals surface area contributed by atoms with Gasteiger partial charge in [-0.1, -0.05) is 6.08 Å². The van der Waals surface area contributed by atoms with Crippen molar-refractivity contribution in [1.29, 1.82) is 0 Å². The molecule has 0 unspecified atom stereocenters. The van der Waals surface area contributed by atoms with Gasteiger partial charge < -0.3 is 4.43 Å². The van der Waals surface area contributed by atoms with Gasteiger partial charge in [0.1, 0.15) is 0 Å². The summed E-state index contributed by atoms with van der Waals surface area (Å²) in [6.45, 7) is 14.0. The number of hydrogen-bond acceptors (Lipinski definition) is 2. The lowest BCUT2D eigenvalue weighted by Crippen LogP contribution is -2.24. The summed E-state index contributed by atoms with van der Waals surface area (Å²) in [4.78, 5) is 4.11. The second kappa shape index (κ2) is 5.02. The van der Waals surface area contributed by atoms with Crippen molar-refractivity contribution in [2.75, 3.05) is 0 Å². The molecule has 0 atom stereocenters. The van der Waals surface area contributed by atoms with E-state index in [1.54, 1.807) is 6.21 Å². The lowest BCUT2D eigenvalue weighted by molar-refractivity contribution is 0.421. The van der Waals surface area contributed by atoms with Crippen molar-refractivity contribution in [3.05, 3.63) is 24.1 Å². The molecule has 3 heteroatoms. The summed E-state index contributed by atoms with van der Waals surface area (Å²) in [5.41, 5.74) is 1.11. The maximum atomic E-state index is 5.55. The minimum atomic E-state index is -1.54. The van der Waals surface area contributed by atoms with E-state index in [-0.39, 0.29) is 0 Å². The maximum absolute atomic E-state index is 5.55. The van der Waals surface area contributed by atoms with E-state index in [9.17, 15) is 0 Å². The van der Waals surface area contributed by atoms with E-state index in [1.807, 2.05) is 19.9 Å². The number of nitrogens with zero attached hydrogens (tertiary/aromatic N) is 1. The van der Waals surface area contributed by atoms with E-state index in [0.717, 1.165) is 5.57 Å². The van der Waals surface area contributed by atoms with E-state index < -0.39 is 8.32 Å². The standard InChI is InChI=1S/C10H19NOSi/c1-7-9(2)8-11-10(3)12-13(4,5)6/h7-8H,3H2,1-2,4-6H3/b9-7+,11-8?. The normalized spacial score (nSPS) is 13.5. The monoisotopic (exact) mass is 197 g/mol. The van der Waals surface area contributed by atoms with E-state index in [0.29, 0.717) is 5.88 Å². The Kier molecular flexibility index (Phi) is 4.70. The highest BCUT2D eigenvalue weighted by atomic mass is 28.4. The van der Waals surface area contributed by atoms with E-state index in [2.05, 4.69) is 31.2 Å². The van der Waals surface area contributed by atoms with E-state index in [4.69, 9.17) is 4.43 Å². The molecule has 0 fully saturated rings. The first kappa shape index (κ1) is 12.2. The summed E-state index contributed by atoms with van der Waals surface area (Å²) in [7, 11) is -1.54. The molecule has 13 heavy (non-hydrogen) atoms. The van der Waals surface area contributed by atoms with Crippen molar-refractivity contribution >= 4 is 14.5 Å². The number of aliphatic imine (C=N–C) groups is 1. The average molecular weight is 197 g/mol. The van der Waals surface area contributed by atoms with Crippen molar-refractivity contribution in [2.24, 2.45) is 4.99 Å². The van der Waals surface area contributed by atoms with Gasteiger partial charge in [-0.25, -0.2) is 4.99 Å². The SMILES string of the molecule is C=C(N=C/C(C)=C/C)O[Si](C)(C)C. The second-order valence-corrected chi connectivity index (χ2v) is 8.33. The van der Waals surface area contributed by atoms with Gasteiger partial charge in [0.25, 0.3) is 0 Å². The largest absolute Gasteiger partial charge is 0.532 e. The number of hydrogen-bond donors (Lipinski definition) is 0. The molecular formula is C10H19NOSi. The summed E-state index contributed by atoms with van der Waals surface area (Å²) in [6, 6.07) is 0. The molecule has 0 aromatic carbocycles. The molecule has 0 aromatic rings. The molecule has 0 bridgehead atoms. The highest BCUT2D eigenvalue weighted by molar-refractivity contribution is 6.70. The van der Waals surface area contributed by atoms with Crippen LogP contribution in [0.25, 0.3) is 0 Å². The van der Waals surface area contributed by atoms with Crippen LogP contribution in [0.15, 0.2) is 29.1 Å². The molecule has 0 heterocycles. The van der Waals surface area contributed by atoms with Crippen molar-refractivity contribution in [2.45, 2.75) is 33.5 Å². The van der Waals surface area contributed by atoms with Gasteiger partial charge in [-0.2, -0.15) is 0 Å². The molecule has 0 aliphatic carbocycles. The first-order valence-corrected chi connectivity index (χ1v) is 7.81. The Balaban J connectivity index is 4.10. The Labute approximate surface area is 82.2 Å². The van der Waals surface area contributed by atoms with Crippen LogP contribution < -0.4 is 0 Å². The van der Waals surface area contributed by atoms with E-state index >= 15 is 0 Å². The van der Waals surface area contributed by atoms with Crippen LogP contribution in [0.5, 0.6) is 0 Å². The van der Waals surface area contributed by atoms with Crippen LogP contribution in [0.1, 0.15) is 13.8 Å². The van der Waals surface area contributed by atoms with Gasteiger partial charge in [0.15, 0.2) is 5.88 Å². The number of rotatable bonds is 4. The van der Waals surface area contributed by atoms with Crippen LogP contribution in [-0.4, -0.2) is 14.5 Å². The highest BCUT2D eigenvalue weighted by Crippen LogP contribution is 2.09. The molecule has 0 aliphatic heterocycles. The number of allylic oxidation sites excluding steroid dienone is 2. The van der Waals surface area contributed by atoms with Crippen molar-refractivity contribution in [3.63, 3.8) is 0 Å². The zero-order valence-corrected chi connectivity index (χ0v) is 10.2. The van der Waals surface area contributed by atoms with Crippen molar-refractivity contribution in [1.82, 2.24) is 0 Å². The fraction of sp³-hybridized carbons (Fsp3) is 0.500. The third kappa shape index (κ3) is 7.53. The zero-order valence-electron chi connectivity index (χ0n) is 9.22. The molecule has 0 aromatic heterocycles. The molecule has 0 amide bonds. The summed E-state index contributed by atoms with van der Waals surface area (Å²) >= 11 is 0. The third-order valence-corrected chi connectivity index (χ3v) is 2.14. The fourth-order valence-corrected chi connectivity index (χ4v) is 1.39. The summed E-state index contributed by atoms with van der Waals surface area (Å²) in [6.07, 6.45) is 3.76. The van der Waals surface area contributed by atoms with Crippen LogP contribution in [0.4, 0.5) is 0 Å². The Bertz CT molecular complexity index is 236. The Morgan fingerprint density at radius 3 is 2.31 bits per heavy atom. The first-order chi connectivity index (χ1) is 5.85. The zero-order chi connectivity index (χ0) is 10.5. The summed E-state index contributed by atoms with van der Waals surface area (Å²) in [5, 5.41) is 0. The summed E-state index contributed by atoms with van der Waals surface area (Å²) < 4.78 is 5.55. The van der Waals surface area contributed by atoms with Crippen LogP contribution >= 0.6 is 0 Å². The minimum absolute atomic E-state index is 0.514. The lowest BCUT2D eigenvalue weighted by atomic mass is 10.3. The second-order valence-electron chi connectivity index (χ2n) is 3.90. The molecule has 0 saturated heterocycles. The molecular weight excluding hydrogens is 178 g/mol. The minimum Gasteiger partial charge on any atom is -0.532 e. The Morgan fingerprint density at radius 1 is 1.38 bits per heavy atom. The van der Waals surface area contributed by atoms with Gasteiger partial charge in [0.2, 0.25) is 8.32 Å². The fourth-order valence-electron chi connectivity index (χ4n) is 0.628. The van der Waals surface area contributed by atoms with Gasteiger partial charge in [-0.05, 0) is 45.6 Å². The van der Waals surface area contributed by atoms with Crippen LogP contribution in [0.2, 0.25) is 19.6 Å². The Morgan fingerprint density at radius 2 is 1.92 bits per heavy atom. The molecule has 0 saturated carbocycles. The lowest BCUT2D eigenvalue weighted by Gasteiger charge is -2.17. The first-order valence-electron chi connectivity index (χ1n) is 4.40. The highest BCUT2D eigenvalue weighted by Gasteiger charge is 2.15. The Hall–Kier alpha value is -0.833. The molecule has 74 valence electrons. The van der Waals surface area contributed by atoms with Crippen LogP contribution in [0.3, 0.4) is 0 Å². The molecule has 0 rings (SSSR count). The predicted octanol–water partition coefficient (Wildman–Crippen LogP) is 3.35. The van der Waals surface area contributed by atoms with Gasteiger partial charge in [-0.3, -0.25) is 0 Å². The molecule has 0 radical (unpaired) electrons. The average Bonchev–Trinajstić information content (AvgIpc) is 1.97. The topological polar surface area (TPSA) is 21.6 Å². The van der Waals surface area contributed by atoms with Crippen molar-refractivity contribution in [3.8, 4) is 0 Å². The van der Waals surface area contributed by atoms with Gasteiger partial charge >= 0.3 is 0 Å². The maximum Gasteiger partial charge on any atom is 0.244 e. The molecule has 0 spiro atoms. The molecule has 0 aliphatic rings. The quantitative estimate of drug-likeness (QED) is 0.385. The van der Waals surface area contributed by atoms with E-state index in [1.165, 1.54) is 0 Å². The predicted molar refractivity (Wildman–Crippen MR) is 61.5 cm³/mol. The molecule has 0 N–H and O–H groups in total. The van der Waals surface area contributed by atoms with Gasteiger partial charge in [-0.15, -0.1) is 0 Å². The van der Waals surface area contributed by atoms with Crippen LogP contribution in [0, 0.1) is 0 Å². The summed E-state index contributed by atoms with van der Waals surface area (Å²) in [5.74, 6) is 0.514. The third-order valence-electron chi connectivity index (χ3n) is 1.29. The molecule has 2 nitrogen and oxygen atoms in total. The van der Waals surface area contributed by atoms with Crippen molar-refractivity contribution < 1.29 is 4.43 Å².